The van der Waals surface area contributed by atoms with Gasteiger partial charge in [0.2, 0.25) is 0 Å². The number of aliphatic carboxylic acids is 1. The number of carbonyl (C=O) groups excluding carboxylic acids is 1. The van der Waals surface area contributed by atoms with Crippen molar-refractivity contribution in [2.75, 3.05) is 6.61 Å². The van der Waals surface area contributed by atoms with Gasteiger partial charge in [-0.15, -0.1) is 0 Å². The van der Waals surface area contributed by atoms with Gasteiger partial charge in [-0.25, -0.2) is 0 Å². The molecule has 0 saturated carbocycles. The van der Waals surface area contributed by atoms with Crippen LogP contribution in [0, 0.1) is 5.92 Å². The number of carbonyl (C=O) groups is 2. The molecule has 0 bridgehead atoms. The lowest BCUT2D eigenvalue weighted by atomic mass is 10.0. The predicted molar refractivity (Wildman–Crippen MR) is 112 cm³/mol. The summed E-state index contributed by atoms with van der Waals surface area (Å²) in [5.41, 5.74) is 0. The van der Waals surface area contributed by atoms with Gasteiger partial charge in [0.05, 0.1) is 18.9 Å². The van der Waals surface area contributed by atoms with Crippen LogP contribution >= 0.6 is 0 Å². The number of hydrogen-bond donors (Lipinski definition) is 1. The van der Waals surface area contributed by atoms with Gasteiger partial charge in [0, 0.05) is 0 Å². The highest BCUT2D eigenvalue weighted by atomic mass is 16.5. The Morgan fingerprint density at radius 2 is 1.33 bits per heavy atom. The van der Waals surface area contributed by atoms with Crippen LogP contribution in [0.15, 0.2) is 12.2 Å². The van der Waals surface area contributed by atoms with E-state index in [4.69, 9.17) is 4.74 Å². The zero-order chi connectivity index (χ0) is 20.2. The number of allylic oxidation sites excluding steroid dienone is 1. The third kappa shape index (κ3) is 17.8. The highest BCUT2D eigenvalue weighted by Gasteiger charge is 2.18. The van der Waals surface area contributed by atoms with Crippen LogP contribution in [0.3, 0.4) is 0 Å². The first-order chi connectivity index (χ1) is 13.1. The molecule has 0 aliphatic heterocycles. The van der Waals surface area contributed by atoms with Crippen LogP contribution in [0.1, 0.15) is 110 Å². The average Bonchev–Trinajstić information content (AvgIpc) is 2.65. The summed E-state index contributed by atoms with van der Waals surface area (Å²) in [7, 11) is 0. The van der Waals surface area contributed by atoms with Crippen molar-refractivity contribution in [1.82, 2.24) is 0 Å². The first-order valence-electron chi connectivity index (χ1n) is 11.2. The molecule has 4 nitrogen and oxygen atoms in total. The fraction of sp³-hybridized carbons (Fsp3) is 0.826. The number of ether oxygens (including phenoxy) is 1. The molecule has 0 fully saturated rings. The summed E-state index contributed by atoms with van der Waals surface area (Å²) in [6.45, 7) is 4.52. The van der Waals surface area contributed by atoms with Crippen LogP contribution in [0.2, 0.25) is 0 Å². The van der Waals surface area contributed by atoms with Gasteiger partial charge in [-0.05, 0) is 19.3 Å². The Morgan fingerprint density at radius 1 is 0.815 bits per heavy atom. The maximum absolute atomic E-state index is 11.5. The number of esters is 1. The minimum absolute atomic E-state index is 0.0791. The molecule has 27 heavy (non-hydrogen) atoms. The van der Waals surface area contributed by atoms with Gasteiger partial charge >= 0.3 is 11.9 Å². The van der Waals surface area contributed by atoms with Gasteiger partial charge in [0.25, 0.3) is 0 Å². The van der Waals surface area contributed by atoms with Crippen LogP contribution in [0.4, 0.5) is 0 Å². The van der Waals surface area contributed by atoms with Crippen molar-refractivity contribution in [1.29, 1.82) is 0 Å². The van der Waals surface area contributed by atoms with E-state index in [0.29, 0.717) is 6.61 Å². The van der Waals surface area contributed by atoms with E-state index in [2.05, 4.69) is 6.92 Å². The zero-order valence-electron chi connectivity index (χ0n) is 17.7. The molecule has 0 heterocycles. The van der Waals surface area contributed by atoms with Gasteiger partial charge in [-0.2, -0.15) is 0 Å². The summed E-state index contributed by atoms with van der Waals surface area (Å²) in [4.78, 5) is 22.8. The second-order valence-electron chi connectivity index (χ2n) is 7.48. The molecule has 0 rings (SSSR count). The van der Waals surface area contributed by atoms with Gasteiger partial charge < -0.3 is 9.84 Å². The van der Waals surface area contributed by atoms with E-state index in [-0.39, 0.29) is 6.42 Å². The Hall–Kier alpha value is -1.32. The summed E-state index contributed by atoms with van der Waals surface area (Å²) in [5, 5.41) is 9.19. The minimum atomic E-state index is -0.964. The third-order valence-corrected chi connectivity index (χ3v) is 4.76. The lowest BCUT2D eigenvalue weighted by Crippen LogP contribution is -2.17. The van der Waals surface area contributed by atoms with Crippen molar-refractivity contribution in [3.8, 4) is 0 Å². The quantitative estimate of drug-likeness (QED) is 0.154. The number of rotatable bonds is 19. The molecule has 0 aromatic carbocycles. The molecule has 0 aliphatic rings. The van der Waals surface area contributed by atoms with Crippen LogP contribution in [-0.2, 0) is 14.3 Å². The van der Waals surface area contributed by atoms with Crippen LogP contribution in [0.25, 0.3) is 0 Å². The van der Waals surface area contributed by atoms with Crippen LogP contribution in [0.5, 0.6) is 0 Å². The number of carboxylic acids is 1. The summed E-state index contributed by atoms with van der Waals surface area (Å²) in [6.07, 6.45) is 20.9. The zero-order valence-corrected chi connectivity index (χ0v) is 17.7. The number of unbranched alkanes of at least 4 members (excludes halogenated alkanes) is 12. The van der Waals surface area contributed by atoms with Gasteiger partial charge in [0.15, 0.2) is 0 Å². The summed E-state index contributed by atoms with van der Waals surface area (Å²) >= 11 is 0. The topological polar surface area (TPSA) is 63.6 Å². The molecular weight excluding hydrogens is 340 g/mol. The fourth-order valence-corrected chi connectivity index (χ4v) is 3.06. The molecule has 158 valence electrons. The van der Waals surface area contributed by atoms with Crippen LogP contribution < -0.4 is 0 Å². The van der Waals surface area contributed by atoms with Crippen molar-refractivity contribution >= 4 is 11.9 Å². The molecule has 4 heteroatoms. The molecule has 1 unspecified atom stereocenters. The Balaban J connectivity index is 3.60. The minimum Gasteiger partial charge on any atom is -0.481 e. The normalized spacial score (nSPS) is 12.4. The van der Waals surface area contributed by atoms with E-state index < -0.39 is 17.9 Å². The summed E-state index contributed by atoms with van der Waals surface area (Å²) in [5.74, 6) is -2.17. The van der Waals surface area contributed by atoms with Crippen molar-refractivity contribution in [2.45, 2.75) is 110 Å². The molecule has 0 spiro atoms. The van der Waals surface area contributed by atoms with E-state index >= 15 is 0 Å². The van der Waals surface area contributed by atoms with Crippen molar-refractivity contribution in [2.24, 2.45) is 5.92 Å². The van der Waals surface area contributed by atoms with E-state index in [1.807, 2.05) is 13.0 Å². The van der Waals surface area contributed by atoms with E-state index in [0.717, 1.165) is 19.3 Å². The molecule has 1 atom stereocenters. The standard InChI is InChI=1S/C23H42O4/c1-3-5-6-7-8-9-10-11-12-13-14-15-16-17-18-21(23(25)26)20-22(24)27-19-4-2/h17-18,21H,3-16,19-20H2,1-2H3,(H,25,26)/b18-17+. The first kappa shape index (κ1) is 25.7. The predicted octanol–water partition coefficient (Wildman–Crippen LogP) is 6.68. The first-order valence-corrected chi connectivity index (χ1v) is 11.2. The summed E-state index contributed by atoms with van der Waals surface area (Å²) < 4.78 is 4.96. The lowest BCUT2D eigenvalue weighted by molar-refractivity contribution is -0.150. The van der Waals surface area contributed by atoms with Crippen molar-refractivity contribution < 1.29 is 19.4 Å². The molecule has 0 aliphatic carbocycles. The maximum Gasteiger partial charge on any atom is 0.310 e. The smallest absolute Gasteiger partial charge is 0.310 e. The molecule has 0 saturated heterocycles. The van der Waals surface area contributed by atoms with Gasteiger partial charge in [-0.3, -0.25) is 9.59 Å². The van der Waals surface area contributed by atoms with E-state index in [1.165, 1.54) is 70.6 Å². The maximum atomic E-state index is 11.5. The van der Waals surface area contributed by atoms with Gasteiger partial charge in [-0.1, -0.05) is 96.6 Å². The molecular formula is C23H42O4. The lowest BCUT2D eigenvalue weighted by Gasteiger charge is -2.07. The second-order valence-corrected chi connectivity index (χ2v) is 7.48. The molecule has 0 aromatic rings. The average molecular weight is 383 g/mol. The SMILES string of the molecule is CCCCCCCCCCCCCC/C=C/C(CC(=O)OCCC)C(=O)O. The molecule has 0 aromatic heterocycles. The van der Waals surface area contributed by atoms with Crippen LogP contribution in [-0.4, -0.2) is 23.7 Å². The Labute approximate surface area is 166 Å². The van der Waals surface area contributed by atoms with Gasteiger partial charge in [0.1, 0.15) is 0 Å². The van der Waals surface area contributed by atoms with Crippen molar-refractivity contribution in [3.05, 3.63) is 12.2 Å². The number of carboxylic acid groups (broad SMARTS) is 1. The Bertz CT molecular complexity index is 390. The Morgan fingerprint density at radius 3 is 1.81 bits per heavy atom. The second kappa shape index (κ2) is 19.4. The highest BCUT2D eigenvalue weighted by molar-refractivity contribution is 5.80. The third-order valence-electron chi connectivity index (χ3n) is 4.76. The summed E-state index contributed by atoms with van der Waals surface area (Å²) in [6, 6.07) is 0. The fourth-order valence-electron chi connectivity index (χ4n) is 3.06. The molecule has 0 amide bonds. The molecule has 0 radical (unpaired) electrons. The highest BCUT2D eigenvalue weighted by Crippen LogP contribution is 2.13. The molecule has 1 N–H and O–H groups in total. The van der Waals surface area contributed by atoms with Crippen molar-refractivity contribution in [3.63, 3.8) is 0 Å². The van der Waals surface area contributed by atoms with E-state index in [1.54, 1.807) is 6.08 Å². The Kier molecular flexibility index (Phi) is 18.5. The monoisotopic (exact) mass is 382 g/mol. The van der Waals surface area contributed by atoms with E-state index in [9.17, 15) is 14.7 Å². The number of hydrogen-bond acceptors (Lipinski definition) is 3. The largest absolute Gasteiger partial charge is 0.481 e.